The number of aromatic nitrogens is 2. The Morgan fingerprint density at radius 2 is 2.15 bits per heavy atom. The number of halogens is 1. The summed E-state index contributed by atoms with van der Waals surface area (Å²) in [7, 11) is 0. The molecule has 2 rings (SSSR count). The highest BCUT2D eigenvalue weighted by Gasteiger charge is 2.15. The fourth-order valence-corrected chi connectivity index (χ4v) is 4.27. The van der Waals surface area contributed by atoms with Gasteiger partial charge in [-0.1, -0.05) is 35.9 Å². The average Bonchev–Trinajstić information content (AvgIpc) is 2.71. The van der Waals surface area contributed by atoms with Gasteiger partial charge in [-0.05, 0) is 34.7 Å². The Morgan fingerprint density at radius 3 is 2.77 bits per heavy atom. The molecule has 0 aliphatic heterocycles. The second kappa shape index (κ2) is 4.75. The van der Waals surface area contributed by atoms with Crippen LogP contribution in [0.25, 0.3) is 0 Å². The van der Waals surface area contributed by atoms with Crippen molar-refractivity contribution in [1.82, 2.24) is 10.2 Å². The normalized spacial score (nSPS) is 18.2. The van der Waals surface area contributed by atoms with E-state index in [1.54, 1.807) is 11.3 Å². The van der Waals surface area contributed by atoms with Crippen LogP contribution in [0.15, 0.2) is 8.26 Å². The fraction of sp³-hybridized carbons (Fsp3) is 0.750. The van der Waals surface area contributed by atoms with E-state index in [0.29, 0.717) is 0 Å². The van der Waals surface area contributed by atoms with Gasteiger partial charge in [0.2, 0.25) is 0 Å². The number of hydrogen-bond acceptors (Lipinski definition) is 4. The molecule has 1 aliphatic carbocycles. The van der Waals surface area contributed by atoms with Crippen molar-refractivity contribution in [3.05, 3.63) is 3.92 Å². The monoisotopic (exact) mass is 278 g/mol. The molecule has 0 N–H and O–H groups in total. The van der Waals surface area contributed by atoms with E-state index in [9.17, 15) is 0 Å². The van der Waals surface area contributed by atoms with Crippen molar-refractivity contribution in [3.8, 4) is 0 Å². The van der Waals surface area contributed by atoms with E-state index >= 15 is 0 Å². The molecule has 1 fully saturated rings. The molecule has 1 aromatic heterocycles. The lowest BCUT2D eigenvalue weighted by Crippen LogP contribution is -1.95. The van der Waals surface area contributed by atoms with Crippen molar-refractivity contribution >= 4 is 39.0 Å². The lowest BCUT2D eigenvalue weighted by atomic mass is 10.1. The highest BCUT2D eigenvalue weighted by molar-refractivity contribution is 9.11. The molecule has 0 aromatic carbocycles. The molecule has 72 valence electrons. The summed E-state index contributed by atoms with van der Waals surface area (Å²) in [5.74, 6) is 2.15. The summed E-state index contributed by atoms with van der Waals surface area (Å²) in [5, 5.41) is 7.99. The van der Waals surface area contributed by atoms with Crippen molar-refractivity contribution in [2.24, 2.45) is 5.92 Å². The van der Waals surface area contributed by atoms with Crippen LogP contribution in [-0.4, -0.2) is 16.0 Å². The first-order chi connectivity index (χ1) is 6.34. The minimum absolute atomic E-state index is 0.890. The molecule has 13 heavy (non-hydrogen) atoms. The standard InChI is InChI=1S/C8H11BrN2S2/c9-7-10-11-8(13-7)12-5-6-3-1-2-4-6/h6H,1-5H2. The minimum atomic E-state index is 0.890. The molecular weight excluding hydrogens is 268 g/mol. The van der Waals surface area contributed by atoms with Crippen LogP contribution in [0.2, 0.25) is 0 Å². The lowest BCUT2D eigenvalue weighted by molar-refractivity contribution is 0.623. The van der Waals surface area contributed by atoms with E-state index in [-0.39, 0.29) is 0 Å². The van der Waals surface area contributed by atoms with Gasteiger partial charge in [0, 0.05) is 5.75 Å². The van der Waals surface area contributed by atoms with Gasteiger partial charge in [0.25, 0.3) is 0 Å². The highest BCUT2D eigenvalue weighted by atomic mass is 79.9. The Morgan fingerprint density at radius 1 is 1.38 bits per heavy atom. The smallest absolute Gasteiger partial charge is 0.131 e. The van der Waals surface area contributed by atoms with Gasteiger partial charge in [-0.3, -0.25) is 0 Å². The van der Waals surface area contributed by atoms with Crippen LogP contribution in [0, 0.1) is 5.92 Å². The molecule has 0 bridgehead atoms. The van der Waals surface area contributed by atoms with Gasteiger partial charge in [0.15, 0.2) is 8.26 Å². The van der Waals surface area contributed by atoms with E-state index in [2.05, 4.69) is 26.1 Å². The van der Waals surface area contributed by atoms with Gasteiger partial charge in [0.05, 0.1) is 0 Å². The van der Waals surface area contributed by atoms with Crippen LogP contribution in [-0.2, 0) is 0 Å². The van der Waals surface area contributed by atoms with Crippen molar-refractivity contribution in [2.45, 2.75) is 30.0 Å². The maximum Gasteiger partial charge on any atom is 0.184 e. The lowest BCUT2D eigenvalue weighted by Gasteiger charge is -2.04. The average molecular weight is 279 g/mol. The zero-order valence-corrected chi connectivity index (χ0v) is 10.4. The first-order valence-electron chi connectivity index (χ1n) is 4.46. The second-order valence-electron chi connectivity index (χ2n) is 3.28. The van der Waals surface area contributed by atoms with Gasteiger partial charge in [-0.25, -0.2) is 0 Å². The number of thioether (sulfide) groups is 1. The molecule has 1 aliphatic rings. The quantitative estimate of drug-likeness (QED) is 0.791. The Balaban J connectivity index is 1.78. The van der Waals surface area contributed by atoms with E-state index < -0.39 is 0 Å². The van der Waals surface area contributed by atoms with Crippen molar-refractivity contribution in [1.29, 1.82) is 0 Å². The van der Waals surface area contributed by atoms with Gasteiger partial charge >= 0.3 is 0 Å². The molecule has 1 aromatic rings. The van der Waals surface area contributed by atoms with Gasteiger partial charge in [-0.15, -0.1) is 10.2 Å². The molecule has 0 unspecified atom stereocenters. The van der Waals surface area contributed by atoms with E-state index in [4.69, 9.17) is 0 Å². The first kappa shape index (κ1) is 9.93. The summed E-state index contributed by atoms with van der Waals surface area (Å²) >= 11 is 6.80. The zero-order valence-electron chi connectivity index (χ0n) is 7.20. The maximum atomic E-state index is 4.06. The summed E-state index contributed by atoms with van der Waals surface area (Å²) in [6, 6.07) is 0. The van der Waals surface area contributed by atoms with Gasteiger partial charge in [0.1, 0.15) is 0 Å². The topological polar surface area (TPSA) is 25.8 Å². The number of rotatable bonds is 3. The number of hydrogen-bond donors (Lipinski definition) is 0. The summed E-state index contributed by atoms with van der Waals surface area (Å²) in [5.41, 5.74) is 0. The molecule has 1 saturated carbocycles. The SMILES string of the molecule is Brc1nnc(SCC2CCCC2)s1. The summed E-state index contributed by atoms with van der Waals surface area (Å²) in [6.45, 7) is 0. The summed E-state index contributed by atoms with van der Waals surface area (Å²) < 4.78 is 1.99. The highest BCUT2D eigenvalue weighted by Crippen LogP contribution is 2.32. The van der Waals surface area contributed by atoms with Crippen LogP contribution in [0.1, 0.15) is 25.7 Å². The molecular formula is C8H11BrN2S2. The van der Waals surface area contributed by atoms with Crippen molar-refractivity contribution < 1.29 is 0 Å². The second-order valence-corrected chi connectivity index (χ2v) is 6.80. The Kier molecular flexibility index (Phi) is 3.63. The van der Waals surface area contributed by atoms with Crippen LogP contribution in [0.4, 0.5) is 0 Å². The van der Waals surface area contributed by atoms with Crippen molar-refractivity contribution in [3.63, 3.8) is 0 Å². The molecule has 0 saturated heterocycles. The van der Waals surface area contributed by atoms with E-state index in [0.717, 1.165) is 14.2 Å². The van der Waals surface area contributed by atoms with Gasteiger partial charge < -0.3 is 0 Å². The molecule has 0 amide bonds. The Hall–Kier alpha value is 0.390. The summed E-state index contributed by atoms with van der Waals surface area (Å²) in [6.07, 6.45) is 5.66. The first-order valence-corrected chi connectivity index (χ1v) is 7.06. The largest absolute Gasteiger partial charge is 0.184 e. The van der Waals surface area contributed by atoms with E-state index in [1.165, 1.54) is 31.4 Å². The number of nitrogens with zero attached hydrogens (tertiary/aromatic N) is 2. The third-order valence-corrected chi connectivity index (χ3v) is 5.02. The molecule has 2 nitrogen and oxygen atoms in total. The molecule has 5 heteroatoms. The zero-order chi connectivity index (χ0) is 9.10. The molecule has 0 radical (unpaired) electrons. The summed E-state index contributed by atoms with van der Waals surface area (Å²) in [4.78, 5) is 0. The predicted molar refractivity (Wildman–Crippen MR) is 60.3 cm³/mol. The van der Waals surface area contributed by atoms with E-state index in [1.807, 2.05) is 11.8 Å². The molecule has 0 atom stereocenters. The Labute approximate surface area is 94.7 Å². The van der Waals surface area contributed by atoms with Crippen LogP contribution in [0.5, 0.6) is 0 Å². The maximum absolute atomic E-state index is 4.06. The molecule has 0 spiro atoms. The molecule has 1 heterocycles. The van der Waals surface area contributed by atoms with Crippen LogP contribution in [0.3, 0.4) is 0 Å². The fourth-order valence-electron chi connectivity index (χ4n) is 1.62. The van der Waals surface area contributed by atoms with Crippen LogP contribution >= 0.6 is 39.0 Å². The predicted octanol–water partition coefficient (Wildman–Crippen LogP) is 3.58. The Bertz CT molecular complexity index is 271. The van der Waals surface area contributed by atoms with Crippen molar-refractivity contribution in [2.75, 3.05) is 5.75 Å². The third kappa shape index (κ3) is 2.92. The van der Waals surface area contributed by atoms with Crippen LogP contribution < -0.4 is 0 Å². The minimum Gasteiger partial charge on any atom is -0.131 e. The van der Waals surface area contributed by atoms with Gasteiger partial charge in [-0.2, -0.15) is 0 Å². The third-order valence-electron chi connectivity index (χ3n) is 2.30.